The van der Waals surface area contributed by atoms with Crippen molar-refractivity contribution in [2.75, 3.05) is 10.6 Å². The van der Waals surface area contributed by atoms with Gasteiger partial charge in [0.2, 0.25) is 5.92 Å². The number of allylic oxidation sites excluding steroid dienone is 1. The predicted octanol–water partition coefficient (Wildman–Crippen LogP) is 6.02. The largest absolute Gasteiger partial charge is 0.404 e. The van der Waals surface area contributed by atoms with Gasteiger partial charge in [0.15, 0.2) is 0 Å². The van der Waals surface area contributed by atoms with Gasteiger partial charge in [0.05, 0.1) is 17.6 Å². The fourth-order valence-corrected chi connectivity index (χ4v) is 4.13. The lowest BCUT2D eigenvalue weighted by molar-refractivity contribution is -0.0384. The number of alkyl halides is 2. The molecule has 1 fully saturated rings. The summed E-state index contributed by atoms with van der Waals surface area (Å²) in [7, 11) is 0. The Morgan fingerprint density at radius 2 is 2.00 bits per heavy atom. The molecule has 0 amide bonds. The zero-order valence-corrected chi connectivity index (χ0v) is 20.0. The zero-order valence-electron chi connectivity index (χ0n) is 20.0. The Hall–Kier alpha value is -3.75. The second kappa shape index (κ2) is 10.2. The smallest absolute Gasteiger partial charge is 0.248 e. The van der Waals surface area contributed by atoms with Crippen LogP contribution in [-0.4, -0.2) is 33.1 Å². The number of nitrogens with one attached hydrogen (secondary N) is 3. The van der Waals surface area contributed by atoms with Crippen molar-refractivity contribution in [2.24, 2.45) is 10.7 Å². The maximum atomic E-state index is 13.4. The molecule has 1 aliphatic rings. The molecule has 0 aromatic carbocycles. The van der Waals surface area contributed by atoms with E-state index in [1.165, 1.54) is 6.20 Å². The SMILES string of the molecule is C=C(Nc1ccc(C2CCC(F)(F)CC2)nc1)Nc1c[nH]c2ncc(/C(C=NC(C)C)=C/N)cc12. The lowest BCUT2D eigenvalue weighted by atomic mass is 9.84. The molecule has 0 spiro atoms. The number of H-pyrrole nitrogens is 1. The van der Waals surface area contributed by atoms with Crippen LogP contribution < -0.4 is 16.4 Å². The first-order valence-corrected chi connectivity index (χ1v) is 11.7. The molecule has 1 aliphatic carbocycles. The molecule has 3 heterocycles. The van der Waals surface area contributed by atoms with E-state index in [1.807, 2.05) is 38.2 Å². The Kier molecular flexibility index (Phi) is 7.14. The Bertz CT molecular complexity index is 1230. The first-order valence-electron chi connectivity index (χ1n) is 11.7. The Labute approximate surface area is 203 Å². The normalized spacial score (nSPS) is 16.8. The molecule has 0 atom stereocenters. The van der Waals surface area contributed by atoms with E-state index in [0.717, 1.165) is 39.2 Å². The molecule has 4 rings (SSSR count). The number of aliphatic imine (C=N–C) groups is 1. The number of anilines is 2. The third-order valence-electron chi connectivity index (χ3n) is 6.06. The fraction of sp³-hybridized carbons (Fsp3) is 0.346. The van der Waals surface area contributed by atoms with E-state index >= 15 is 0 Å². The summed E-state index contributed by atoms with van der Waals surface area (Å²) in [4.78, 5) is 16.5. The zero-order chi connectivity index (χ0) is 25.0. The van der Waals surface area contributed by atoms with Crippen LogP contribution in [0.15, 0.2) is 60.4 Å². The number of pyridine rings is 2. The highest BCUT2D eigenvalue weighted by molar-refractivity contribution is 6.10. The van der Waals surface area contributed by atoms with Crippen LogP contribution in [0, 0.1) is 0 Å². The summed E-state index contributed by atoms with van der Waals surface area (Å²) in [6, 6.07) is 5.94. The summed E-state index contributed by atoms with van der Waals surface area (Å²) in [6.45, 7) is 8.06. The minimum Gasteiger partial charge on any atom is -0.404 e. The highest BCUT2D eigenvalue weighted by atomic mass is 19.3. The Morgan fingerprint density at radius 1 is 1.23 bits per heavy atom. The molecule has 1 saturated carbocycles. The summed E-state index contributed by atoms with van der Waals surface area (Å²) >= 11 is 0. The van der Waals surface area contributed by atoms with Gasteiger partial charge in [-0.2, -0.15) is 0 Å². The maximum absolute atomic E-state index is 13.4. The van der Waals surface area contributed by atoms with Crippen molar-refractivity contribution in [3.8, 4) is 0 Å². The number of halogens is 2. The molecule has 0 aliphatic heterocycles. The molecule has 9 heteroatoms. The fourth-order valence-electron chi connectivity index (χ4n) is 4.13. The highest BCUT2D eigenvalue weighted by Crippen LogP contribution is 2.40. The number of rotatable bonds is 8. The lowest BCUT2D eigenvalue weighted by Gasteiger charge is -2.27. The molecule has 0 unspecified atom stereocenters. The summed E-state index contributed by atoms with van der Waals surface area (Å²) in [5.74, 6) is -1.90. The van der Waals surface area contributed by atoms with Gasteiger partial charge in [-0.3, -0.25) is 9.98 Å². The van der Waals surface area contributed by atoms with E-state index in [1.54, 1.807) is 18.6 Å². The van der Waals surface area contributed by atoms with Gasteiger partial charge in [-0.15, -0.1) is 0 Å². The molecule has 5 N–H and O–H groups in total. The third-order valence-corrected chi connectivity index (χ3v) is 6.06. The van der Waals surface area contributed by atoms with Gasteiger partial charge in [-0.05, 0) is 44.9 Å². The maximum Gasteiger partial charge on any atom is 0.248 e. The first-order chi connectivity index (χ1) is 16.7. The number of hydrogen-bond acceptors (Lipinski definition) is 6. The summed E-state index contributed by atoms with van der Waals surface area (Å²) in [6.07, 6.45) is 9.32. The summed E-state index contributed by atoms with van der Waals surface area (Å²) in [5, 5.41) is 7.34. The number of hydrogen-bond donors (Lipinski definition) is 4. The average Bonchev–Trinajstić information content (AvgIpc) is 3.22. The first kappa shape index (κ1) is 24.4. The van der Waals surface area contributed by atoms with Crippen LogP contribution in [0.3, 0.4) is 0 Å². The number of fused-ring (bicyclic) bond motifs is 1. The van der Waals surface area contributed by atoms with Crippen LogP contribution >= 0.6 is 0 Å². The van der Waals surface area contributed by atoms with Crippen LogP contribution in [-0.2, 0) is 0 Å². The van der Waals surface area contributed by atoms with Crippen LogP contribution in [0.1, 0.15) is 56.7 Å². The molecular formula is C26H31F2N7. The van der Waals surface area contributed by atoms with Gasteiger partial charge in [0.25, 0.3) is 0 Å². The molecule has 184 valence electrons. The number of nitrogens with two attached hydrogens (primary N) is 1. The highest BCUT2D eigenvalue weighted by Gasteiger charge is 2.35. The van der Waals surface area contributed by atoms with Crippen molar-refractivity contribution < 1.29 is 8.78 Å². The molecule has 7 nitrogen and oxygen atoms in total. The van der Waals surface area contributed by atoms with E-state index in [0.29, 0.717) is 18.7 Å². The molecule has 0 radical (unpaired) electrons. The molecule has 3 aromatic heterocycles. The van der Waals surface area contributed by atoms with Crippen molar-refractivity contribution in [1.29, 1.82) is 0 Å². The summed E-state index contributed by atoms with van der Waals surface area (Å²) < 4.78 is 26.9. The van der Waals surface area contributed by atoms with E-state index in [-0.39, 0.29) is 24.8 Å². The molecule has 35 heavy (non-hydrogen) atoms. The van der Waals surface area contributed by atoms with Crippen molar-refractivity contribution in [1.82, 2.24) is 15.0 Å². The van der Waals surface area contributed by atoms with Crippen molar-refractivity contribution in [3.63, 3.8) is 0 Å². The minimum atomic E-state index is -2.54. The van der Waals surface area contributed by atoms with Gasteiger partial charge in [-0.1, -0.05) is 6.58 Å². The van der Waals surface area contributed by atoms with Crippen LogP contribution in [0.2, 0.25) is 0 Å². The number of aromatic amines is 1. The van der Waals surface area contributed by atoms with E-state index in [9.17, 15) is 8.78 Å². The predicted molar refractivity (Wildman–Crippen MR) is 139 cm³/mol. The topological polar surface area (TPSA) is 104 Å². The second-order valence-electron chi connectivity index (χ2n) is 9.15. The quantitative estimate of drug-likeness (QED) is 0.296. The van der Waals surface area contributed by atoms with Gasteiger partial charge in [0.1, 0.15) is 11.5 Å². The van der Waals surface area contributed by atoms with E-state index in [2.05, 4.69) is 37.2 Å². The molecule has 0 bridgehead atoms. The van der Waals surface area contributed by atoms with Crippen molar-refractivity contribution in [3.05, 3.63) is 66.6 Å². The number of aromatic nitrogens is 3. The summed E-state index contributed by atoms with van der Waals surface area (Å²) in [5.41, 5.74) is 10.6. The minimum absolute atomic E-state index is 0.0750. The van der Waals surface area contributed by atoms with E-state index < -0.39 is 5.92 Å². The monoisotopic (exact) mass is 479 g/mol. The molecule has 0 saturated heterocycles. The van der Waals surface area contributed by atoms with Gasteiger partial charge < -0.3 is 21.4 Å². The van der Waals surface area contributed by atoms with E-state index in [4.69, 9.17) is 5.73 Å². The van der Waals surface area contributed by atoms with Gasteiger partial charge in [0, 0.05) is 71.8 Å². The van der Waals surface area contributed by atoms with Crippen molar-refractivity contribution in [2.45, 2.75) is 57.4 Å². The third kappa shape index (κ3) is 6.03. The molecular weight excluding hydrogens is 448 g/mol. The van der Waals surface area contributed by atoms with Crippen molar-refractivity contribution >= 4 is 34.2 Å². The van der Waals surface area contributed by atoms with Gasteiger partial charge >= 0.3 is 0 Å². The second-order valence-corrected chi connectivity index (χ2v) is 9.15. The molecule has 3 aromatic rings. The van der Waals surface area contributed by atoms with Gasteiger partial charge in [-0.25, -0.2) is 13.8 Å². The average molecular weight is 480 g/mol. The van der Waals surface area contributed by atoms with Crippen LogP contribution in [0.5, 0.6) is 0 Å². The number of nitrogens with zero attached hydrogens (tertiary/aromatic N) is 3. The van der Waals surface area contributed by atoms with Crippen LogP contribution in [0.4, 0.5) is 20.2 Å². The standard InChI is InChI=1S/C26H31F2N7/c1-16(2)30-13-20(11-29)19-10-22-24(15-33-25(22)32-12-19)35-17(3)34-21-4-5-23(31-14-21)18-6-8-26(27,28)9-7-18/h4-5,10-16,18,34-35H,3,6-9,29H2,1-2H3,(H,32,33)/b20-11+,30-13?. The Morgan fingerprint density at radius 3 is 2.66 bits per heavy atom. The lowest BCUT2D eigenvalue weighted by Crippen LogP contribution is -2.24. The Balaban J connectivity index is 1.42. The van der Waals surface area contributed by atoms with Crippen LogP contribution in [0.25, 0.3) is 16.6 Å².